The van der Waals surface area contributed by atoms with Gasteiger partial charge >= 0.3 is 0 Å². The monoisotopic (exact) mass is 584 g/mol. The zero-order valence-corrected chi connectivity index (χ0v) is 24.0. The van der Waals surface area contributed by atoms with Gasteiger partial charge in [0.1, 0.15) is 29.1 Å². The summed E-state index contributed by atoms with van der Waals surface area (Å²) in [6, 6.07) is 30.2. The molecule has 4 aromatic rings. The molecule has 8 heteroatoms. The van der Waals surface area contributed by atoms with Crippen molar-refractivity contribution in [2.45, 2.75) is 31.6 Å². The normalized spacial score (nSPS) is 18.9. The van der Waals surface area contributed by atoms with E-state index in [1.165, 1.54) is 12.2 Å². The highest BCUT2D eigenvalue weighted by Crippen LogP contribution is 2.37. The Bertz CT molecular complexity index is 1790. The van der Waals surface area contributed by atoms with Crippen molar-refractivity contribution in [1.29, 1.82) is 0 Å². The first-order valence-electron chi connectivity index (χ1n) is 14.3. The van der Waals surface area contributed by atoms with Gasteiger partial charge in [0.2, 0.25) is 0 Å². The number of benzene rings is 4. The molecule has 44 heavy (non-hydrogen) atoms. The Hall–Kier alpha value is -5.47. The summed E-state index contributed by atoms with van der Waals surface area (Å²) in [5.74, 6) is 1.86. The highest BCUT2D eigenvalue weighted by Gasteiger charge is 2.47. The standard InChI is InChI=1S/C36H28N2O6/c1-36(2,23-3-11-27(12-4-23)42-29-15-7-25(8-16-29)37-32(39)21-22-33(37)40)24-5-13-28(14-6-24)43-30-17-9-26(10-18-30)38-34(41)20-19-31-35(38)44-31/h3-22,31,35H,1-2H3. The van der Waals surface area contributed by atoms with Crippen molar-refractivity contribution >= 4 is 29.1 Å². The lowest BCUT2D eigenvalue weighted by atomic mass is 9.78. The summed E-state index contributed by atoms with van der Waals surface area (Å²) in [5, 5.41) is 0. The molecule has 1 saturated heterocycles. The summed E-state index contributed by atoms with van der Waals surface area (Å²) in [6.07, 6.45) is 5.64. The van der Waals surface area contributed by atoms with Crippen molar-refractivity contribution in [3.05, 3.63) is 132 Å². The molecule has 4 aromatic carbocycles. The molecule has 218 valence electrons. The predicted molar refractivity (Wildman–Crippen MR) is 165 cm³/mol. The van der Waals surface area contributed by atoms with Gasteiger partial charge in [-0.2, -0.15) is 0 Å². The first-order valence-corrected chi connectivity index (χ1v) is 14.3. The minimum atomic E-state index is -0.355. The molecule has 3 aliphatic heterocycles. The third-order valence-corrected chi connectivity index (χ3v) is 8.06. The number of fused-ring (bicyclic) bond motifs is 1. The van der Waals surface area contributed by atoms with E-state index in [2.05, 4.69) is 26.0 Å². The number of carbonyl (C=O) groups is 3. The number of amides is 3. The van der Waals surface area contributed by atoms with Crippen molar-refractivity contribution in [3.8, 4) is 23.0 Å². The smallest absolute Gasteiger partial charge is 0.258 e. The van der Waals surface area contributed by atoms with Crippen molar-refractivity contribution in [1.82, 2.24) is 0 Å². The van der Waals surface area contributed by atoms with E-state index in [-0.39, 0.29) is 35.5 Å². The summed E-state index contributed by atoms with van der Waals surface area (Å²) < 4.78 is 17.6. The first kappa shape index (κ1) is 27.4. The van der Waals surface area contributed by atoms with Gasteiger partial charge in [-0.3, -0.25) is 19.3 Å². The van der Waals surface area contributed by atoms with Crippen LogP contribution in [0.4, 0.5) is 11.4 Å². The van der Waals surface area contributed by atoms with E-state index in [0.717, 1.165) is 21.7 Å². The van der Waals surface area contributed by atoms with E-state index in [9.17, 15) is 14.4 Å². The fraction of sp³-hybridized carbons (Fsp3) is 0.139. The van der Waals surface area contributed by atoms with E-state index in [1.807, 2.05) is 60.7 Å². The molecular formula is C36H28N2O6. The number of epoxide rings is 1. The van der Waals surface area contributed by atoms with Crippen molar-refractivity contribution < 1.29 is 28.6 Å². The van der Waals surface area contributed by atoms with Crippen molar-refractivity contribution in [2.75, 3.05) is 9.80 Å². The van der Waals surface area contributed by atoms with Gasteiger partial charge in [0.25, 0.3) is 17.7 Å². The zero-order chi connectivity index (χ0) is 30.4. The van der Waals surface area contributed by atoms with Crippen molar-refractivity contribution in [3.63, 3.8) is 0 Å². The van der Waals surface area contributed by atoms with Crippen LogP contribution in [0.15, 0.2) is 121 Å². The number of anilines is 2. The molecule has 2 atom stereocenters. The van der Waals surface area contributed by atoms with Crippen LogP contribution in [0.1, 0.15) is 25.0 Å². The lowest BCUT2D eigenvalue weighted by Gasteiger charge is -2.26. The fourth-order valence-electron chi connectivity index (χ4n) is 5.43. The summed E-state index contributed by atoms with van der Waals surface area (Å²) in [5.41, 5.74) is 3.24. The molecule has 0 aromatic heterocycles. The predicted octanol–water partition coefficient (Wildman–Crippen LogP) is 6.65. The zero-order valence-electron chi connectivity index (χ0n) is 24.0. The van der Waals surface area contributed by atoms with E-state index < -0.39 is 0 Å². The molecule has 0 radical (unpaired) electrons. The van der Waals surface area contributed by atoms with Crippen LogP contribution < -0.4 is 19.3 Å². The van der Waals surface area contributed by atoms with E-state index in [0.29, 0.717) is 28.7 Å². The average molecular weight is 585 g/mol. The molecule has 0 spiro atoms. The topological polar surface area (TPSA) is 88.7 Å². The summed E-state index contributed by atoms with van der Waals surface area (Å²) in [6.45, 7) is 4.33. The molecule has 0 bridgehead atoms. The number of hydrogen-bond donors (Lipinski definition) is 0. The SMILES string of the molecule is CC(C)(c1ccc(Oc2ccc(N3C(=O)C=CC3=O)cc2)cc1)c1ccc(Oc2ccc(N3C(=O)C=CC4OC43)cc2)cc1. The van der Waals surface area contributed by atoms with Gasteiger partial charge in [0.05, 0.1) is 5.69 Å². The van der Waals surface area contributed by atoms with Gasteiger partial charge in [-0.25, -0.2) is 4.90 Å². The third kappa shape index (κ3) is 5.16. The maximum absolute atomic E-state index is 12.3. The van der Waals surface area contributed by atoms with Gasteiger partial charge < -0.3 is 14.2 Å². The molecular weight excluding hydrogens is 556 g/mol. The number of nitrogens with zero attached hydrogens (tertiary/aromatic N) is 2. The molecule has 2 unspecified atom stereocenters. The van der Waals surface area contributed by atoms with Gasteiger partial charge in [0.15, 0.2) is 6.23 Å². The molecule has 3 aliphatic rings. The molecule has 3 heterocycles. The molecule has 8 nitrogen and oxygen atoms in total. The van der Waals surface area contributed by atoms with Crippen LogP contribution in [-0.4, -0.2) is 30.1 Å². The number of carbonyl (C=O) groups excluding carboxylic acids is 3. The number of imide groups is 1. The van der Waals surface area contributed by atoms with Crippen LogP contribution in [-0.2, 0) is 24.5 Å². The maximum atomic E-state index is 12.3. The van der Waals surface area contributed by atoms with E-state index >= 15 is 0 Å². The Kier molecular flexibility index (Phi) is 6.63. The number of hydrogen-bond acceptors (Lipinski definition) is 6. The molecule has 7 rings (SSSR count). The molecule has 0 aliphatic carbocycles. The summed E-state index contributed by atoms with van der Waals surface area (Å²) in [4.78, 5) is 38.9. The molecule has 3 amide bonds. The second kappa shape index (κ2) is 10.7. The van der Waals surface area contributed by atoms with Crippen LogP contribution in [0.2, 0.25) is 0 Å². The summed E-state index contributed by atoms with van der Waals surface area (Å²) >= 11 is 0. The second-order valence-electron chi connectivity index (χ2n) is 11.3. The Labute approximate surface area is 254 Å². The Morgan fingerprint density at radius 3 is 1.48 bits per heavy atom. The number of ether oxygens (including phenoxy) is 3. The Morgan fingerprint density at radius 1 is 0.568 bits per heavy atom. The quantitative estimate of drug-likeness (QED) is 0.170. The Morgan fingerprint density at radius 2 is 1.00 bits per heavy atom. The molecule has 1 fully saturated rings. The fourth-order valence-corrected chi connectivity index (χ4v) is 5.43. The van der Waals surface area contributed by atoms with E-state index in [1.54, 1.807) is 41.3 Å². The lowest BCUT2D eigenvalue weighted by molar-refractivity contribution is -0.120. The maximum Gasteiger partial charge on any atom is 0.258 e. The van der Waals surface area contributed by atoms with Crippen LogP contribution in [0.25, 0.3) is 0 Å². The summed E-state index contributed by atoms with van der Waals surface area (Å²) in [7, 11) is 0. The van der Waals surface area contributed by atoms with Crippen LogP contribution >= 0.6 is 0 Å². The Balaban J connectivity index is 0.979. The largest absolute Gasteiger partial charge is 0.457 e. The third-order valence-electron chi connectivity index (χ3n) is 8.06. The first-order chi connectivity index (χ1) is 21.3. The van der Waals surface area contributed by atoms with Gasteiger partial charge in [-0.15, -0.1) is 0 Å². The lowest BCUT2D eigenvalue weighted by Crippen LogP contribution is -2.35. The molecule has 0 saturated carbocycles. The van der Waals surface area contributed by atoms with Crippen LogP contribution in [0, 0.1) is 0 Å². The average Bonchev–Trinajstić information content (AvgIpc) is 3.74. The van der Waals surface area contributed by atoms with Gasteiger partial charge in [-0.1, -0.05) is 38.1 Å². The molecule has 0 N–H and O–H groups in total. The van der Waals surface area contributed by atoms with E-state index in [4.69, 9.17) is 14.2 Å². The highest BCUT2D eigenvalue weighted by molar-refractivity contribution is 6.28. The van der Waals surface area contributed by atoms with Crippen molar-refractivity contribution in [2.24, 2.45) is 0 Å². The number of rotatable bonds is 8. The van der Waals surface area contributed by atoms with Crippen LogP contribution in [0.5, 0.6) is 23.0 Å². The van der Waals surface area contributed by atoms with Gasteiger partial charge in [-0.05, 0) is 90.0 Å². The minimum Gasteiger partial charge on any atom is -0.457 e. The minimum absolute atomic E-state index is 0.0109. The second-order valence-corrected chi connectivity index (χ2v) is 11.3. The van der Waals surface area contributed by atoms with Gasteiger partial charge in [0, 0.05) is 29.3 Å². The van der Waals surface area contributed by atoms with Crippen LogP contribution in [0.3, 0.4) is 0 Å². The highest BCUT2D eigenvalue weighted by atomic mass is 16.6.